The lowest BCUT2D eigenvalue weighted by atomic mass is 9.67. The first kappa shape index (κ1) is 47.1. The van der Waals surface area contributed by atoms with Gasteiger partial charge in [0.15, 0.2) is 11.6 Å². The van der Waals surface area contributed by atoms with Crippen LogP contribution in [0.3, 0.4) is 0 Å². The second-order valence-corrected chi connectivity index (χ2v) is 21.2. The van der Waals surface area contributed by atoms with E-state index in [9.17, 15) is 0 Å². The average Bonchev–Trinajstić information content (AvgIpc) is 4.02. The van der Waals surface area contributed by atoms with Crippen LogP contribution in [0.5, 0.6) is 0 Å². The number of para-hydroxylation sites is 2. The third kappa shape index (κ3) is 7.82. The minimum absolute atomic E-state index is 0.00441. The van der Waals surface area contributed by atoms with Gasteiger partial charge in [-0.05, 0) is 125 Å². The smallest absolute Gasteiger partial charge is 0.160 e. The molecule has 4 nitrogen and oxygen atoms in total. The Hall–Kier alpha value is -10.2. The normalized spacial score (nSPS) is 12.9. The summed E-state index contributed by atoms with van der Waals surface area (Å²) in [6.45, 7) is 6.66. The lowest BCUT2D eigenvalue weighted by molar-refractivity contribution is 0.769. The molecule has 0 bridgehead atoms. The maximum Gasteiger partial charge on any atom is 0.160 e. The molecule has 80 heavy (non-hydrogen) atoms. The third-order valence-electron chi connectivity index (χ3n) is 16.4. The van der Waals surface area contributed by atoms with E-state index in [1.54, 1.807) is 0 Å². The van der Waals surface area contributed by atoms with Crippen LogP contribution in [0.15, 0.2) is 273 Å². The minimum atomic E-state index is -0.735. The minimum Gasteiger partial charge on any atom is -0.336 e. The molecule has 0 spiro atoms. The Balaban J connectivity index is 0.916. The Morgan fingerprint density at radius 1 is 0.325 bits per heavy atom. The number of hydrogen-bond donors (Lipinski definition) is 0. The highest BCUT2D eigenvalue weighted by molar-refractivity contribution is 6.00. The first-order chi connectivity index (χ1) is 39.4. The van der Waals surface area contributed by atoms with E-state index in [1.165, 1.54) is 61.0 Å². The van der Waals surface area contributed by atoms with Crippen molar-refractivity contribution in [2.24, 2.45) is 0 Å². The van der Waals surface area contributed by atoms with Gasteiger partial charge in [0, 0.05) is 33.0 Å². The third-order valence-corrected chi connectivity index (χ3v) is 16.4. The van der Waals surface area contributed by atoms with Crippen LogP contribution in [0, 0.1) is 6.92 Å². The van der Waals surface area contributed by atoms with Gasteiger partial charge in [-0.15, -0.1) is 5.92 Å². The summed E-state index contributed by atoms with van der Waals surface area (Å²) in [4.78, 5) is 21.9. The van der Waals surface area contributed by atoms with E-state index in [0.29, 0.717) is 11.6 Å². The predicted octanol–water partition coefficient (Wildman–Crippen LogP) is 19.2. The molecule has 1 atom stereocenters. The van der Waals surface area contributed by atoms with Crippen LogP contribution >= 0.6 is 0 Å². The molecule has 0 N–H and O–H groups in total. The lowest BCUT2D eigenvalue weighted by Crippen LogP contribution is -2.28. The molecule has 2 heterocycles. The van der Waals surface area contributed by atoms with Gasteiger partial charge in [0.2, 0.25) is 0 Å². The van der Waals surface area contributed by atoms with Crippen molar-refractivity contribution in [2.45, 2.75) is 18.3 Å². The monoisotopic (exact) mass is 1020 g/mol. The quantitative estimate of drug-likeness (QED) is 0.135. The molecule has 0 radical (unpaired) electrons. The molecular formula is C76H51N4-. The molecule has 12 aromatic carbocycles. The second kappa shape index (κ2) is 19.1. The van der Waals surface area contributed by atoms with E-state index < -0.39 is 5.41 Å². The number of nitrogens with zero attached hydrogens (tertiary/aromatic N) is 4. The van der Waals surface area contributed by atoms with Crippen molar-refractivity contribution < 1.29 is 0 Å². The van der Waals surface area contributed by atoms with Gasteiger partial charge >= 0.3 is 0 Å². The van der Waals surface area contributed by atoms with Gasteiger partial charge < -0.3 is 6.92 Å². The Morgan fingerprint density at radius 2 is 0.750 bits per heavy atom. The van der Waals surface area contributed by atoms with Crippen LogP contribution in [-0.4, -0.2) is 19.9 Å². The van der Waals surface area contributed by atoms with Crippen molar-refractivity contribution in [3.8, 4) is 78.7 Å². The van der Waals surface area contributed by atoms with Crippen LogP contribution in [0.4, 0.5) is 0 Å². The fourth-order valence-corrected chi connectivity index (χ4v) is 12.5. The maximum atomic E-state index is 5.60. The molecule has 15 rings (SSSR count). The zero-order valence-corrected chi connectivity index (χ0v) is 44.1. The second-order valence-electron chi connectivity index (χ2n) is 21.2. The molecule has 2 aromatic heterocycles. The number of hydrogen-bond acceptors (Lipinski definition) is 4. The van der Waals surface area contributed by atoms with E-state index in [-0.39, 0.29) is 5.92 Å². The van der Waals surface area contributed by atoms with E-state index in [2.05, 4.69) is 287 Å². The molecule has 0 amide bonds. The van der Waals surface area contributed by atoms with Crippen LogP contribution in [-0.2, 0) is 5.41 Å². The first-order valence-corrected chi connectivity index (χ1v) is 27.5. The Morgan fingerprint density at radius 3 is 1.35 bits per heavy atom. The summed E-state index contributed by atoms with van der Waals surface area (Å²) >= 11 is 0. The molecule has 0 aliphatic heterocycles. The fraction of sp³-hybridized carbons (Fsp3) is 0.0395. The molecule has 1 aliphatic carbocycles. The molecule has 0 fully saturated rings. The van der Waals surface area contributed by atoms with Crippen molar-refractivity contribution in [1.82, 2.24) is 19.9 Å². The van der Waals surface area contributed by atoms with Gasteiger partial charge in [0.25, 0.3) is 0 Å². The molecule has 376 valence electrons. The highest BCUT2D eigenvalue weighted by Gasteiger charge is 2.46. The molecule has 1 unspecified atom stereocenters. The summed E-state index contributed by atoms with van der Waals surface area (Å²) in [5.41, 5.74) is 19.6. The Bertz CT molecular complexity index is 4680. The van der Waals surface area contributed by atoms with Gasteiger partial charge in [-0.25, -0.2) is 19.9 Å². The summed E-state index contributed by atoms with van der Waals surface area (Å²) in [5, 5.41) is 6.64. The summed E-state index contributed by atoms with van der Waals surface area (Å²) in [5.74, 6) is 1.34. The largest absolute Gasteiger partial charge is 0.336 e. The van der Waals surface area contributed by atoms with E-state index in [1.807, 2.05) is 0 Å². The molecule has 14 aromatic rings. The SMILES string of the molecule is [CH2-]C(C)c1cccc2c(-c3ccc4c(c3)C(c3ccccc3)(c3ccccc3)c3cc(-c5nc(-c6ccc7ccc(-c8ccccc8)cc7c6)c6ccccc6n5)ccc3-4)nc(-c3ccc4ccc(-c5ccccc5)cc4c3)nc12. The highest BCUT2D eigenvalue weighted by Crippen LogP contribution is 2.57. The zero-order valence-electron chi connectivity index (χ0n) is 44.1. The summed E-state index contributed by atoms with van der Waals surface area (Å²) < 4.78 is 0. The van der Waals surface area contributed by atoms with Gasteiger partial charge in [-0.1, -0.05) is 237 Å². The fourth-order valence-electron chi connectivity index (χ4n) is 12.5. The van der Waals surface area contributed by atoms with Gasteiger partial charge in [-0.2, -0.15) is 0 Å². The Kier molecular flexibility index (Phi) is 11.2. The number of aromatic nitrogens is 4. The molecule has 1 aliphatic rings. The van der Waals surface area contributed by atoms with Crippen molar-refractivity contribution in [1.29, 1.82) is 0 Å². The topological polar surface area (TPSA) is 51.6 Å². The van der Waals surface area contributed by atoms with Gasteiger partial charge in [-0.3, -0.25) is 0 Å². The number of benzene rings is 12. The van der Waals surface area contributed by atoms with E-state index in [0.717, 1.165) is 77.2 Å². The maximum absolute atomic E-state index is 5.60. The zero-order chi connectivity index (χ0) is 53.3. The van der Waals surface area contributed by atoms with Gasteiger partial charge in [0.1, 0.15) is 0 Å². The van der Waals surface area contributed by atoms with E-state index >= 15 is 0 Å². The molecular weight excluding hydrogens is 969 g/mol. The van der Waals surface area contributed by atoms with Crippen molar-refractivity contribution in [2.75, 3.05) is 0 Å². The predicted molar refractivity (Wildman–Crippen MR) is 331 cm³/mol. The first-order valence-electron chi connectivity index (χ1n) is 27.5. The lowest BCUT2D eigenvalue weighted by Gasteiger charge is -2.34. The van der Waals surface area contributed by atoms with Crippen LogP contribution in [0.1, 0.15) is 40.7 Å². The van der Waals surface area contributed by atoms with E-state index in [4.69, 9.17) is 19.9 Å². The van der Waals surface area contributed by atoms with Crippen LogP contribution in [0.2, 0.25) is 0 Å². The van der Waals surface area contributed by atoms with Gasteiger partial charge in [0.05, 0.1) is 27.8 Å². The summed E-state index contributed by atoms with van der Waals surface area (Å²) in [6.07, 6.45) is 0. The van der Waals surface area contributed by atoms with Crippen LogP contribution < -0.4 is 0 Å². The number of fused-ring (bicyclic) bond motifs is 7. The summed E-state index contributed by atoms with van der Waals surface area (Å²) in [6, 6.07) is 98.4. The van der Waals surface area contributed by atoms with Crippen LogP contribution in [0.25, 0.3) is 122 Å². The van der Waals surface area contributed by atoms with Crippen molar-refractivity contribution in [3.63, 3.8) is 0 Å². The molecule has 0 saturated heterocycles. The number of rotatable bonds is 9. The molecule has 0 saturated carbocycles. The molecule has 4 heteroatoms. The highest BCUT2D eigenvalue weighted by atomic mass is 14.9. The van der Waals surface area contributed by atoms with Crippen molar-refractivity contribution >= 4 is 43.4 Å². The Labute approximate surface area is 465 Å². The average molecular weight is 1020 g/mol. The van der Waals surface area contributed by atoms with Crippen molar-refractivity contribution in [3.05, 3.63) is 308 Å². The standard InChI is InChI=1S/C76H51N4/c1-48(2)63-27-17-28-67-72(79-75(80-73(63)67)57-37-33-52-31-35-54(43-60(52)45-57)50-20-9-4-10-21-50)56-38-40-64-65-41-39-58(47-69(65)76(68(64)46-56,61-22-11-5-12-23-61)62-24-13-6-14-25-62)74-77-70-29-16-15-26-66(70)71(78-74)55-36-32-51-30-34-53(42-59(51)44-55)49-18-7-3-8-19-49/h3-48H,1H2,2H3/q-1. The summed E-state index contributed by atoms with van der Waals surface area (Å²) in [7, 11) is 0.